The van der Waals surface area contributed by atoms with Gasteiger partial charge in [0.1, 0.15) is 5.82 Å². The van der Waals surface area contributed by atoms with Gasteiger partial charge in [-0.2, -0.15) is 0 Å². The summed E-state index contributed by atoms with van der Waals surface area (Å²) in [5, 5.41) is 0. The number of aromatic nitrogens is 2. The number of aromatic amines is 1. The first-order valence-corrected chi connectivity index (χ1v) is 6.59. The van der Waals surface area contributed by atoms with Gasteiger partial charge in [-0.25, -0.2) is 13.8 Å². The molecule has 3 aromatic rings. The maximum Gasteiger partial charge on any atom is 0.161 e. The molecular weight excluding hydrogens is 272 g/mol. The zero-order valence-corrected chi connectivity index (χ0v) is 11.7. The molecule has 0 radical (unpaired) electrons. The third-order valence-corrected chi connectivity index (χ3v) is 3.75. The summed E-state index contributed by atoms with van der Waals surface area (Å²) in [5.74, 6) is -1.14. The van der Waals surface area contributed by atoms with E-state index in [0.717, 1.165) is 17.7 Å². The quantitative estimate of drug-likeness (QED) is 0.705. The number of nitrogens with one attached hydrogen (secondary N) is 1. The van der Waals surface area contributed by atoms with Crippen molar-refractivity contribution in [1.29, 1.82) is 0 Å². The van der Waals surface area contributed by atoms with Crippen molar-refractivity contribution in [3.8, 4) is 0 Å². The lowest BCUT2D eigenvalue weighted by atomic mass is 9.84. The van der Waals surface area contributed by atoms with Crippen molar-refractivity contribution in [1.82, 2.24) is 9.97 Å². The number of benzene rings is 2. The average Bonchev–Trinajstić information content (AvgIpc) is 2.83. The Morgan fingerprint density at radius 3 is 2.33 bits per heavy atom. The van der Waals surface area contributed by atoms with Crippen molar-refractivity contribution in [3.05, 3.63) is 59.4 Å². The lowest BCUT2D eigenvalue weighted by molar-refractivity contribution is 0.510. The van der Waals surface area contributed by atoms with E-state index >= 15 is 0 Å². The molecule has 0 aliphatic carbocycles. The van der Waals surface area contributed by atoms with Gasteiger partial charge in [0, 0.05) is 23.2 Å². The van der Waals surface area contributed by atoms with E-state index in [-0.39, 0.29) is 0 Å². The number of hydrogen-bond donors (Lipinski definition) is 2. The molecule has 1 aromatic heterocycles. The Kier molecular flexibility index (Phi) is 2.93. The number of nitrogens with two attached hydrogens (primary N) is 1. The molecule has 3 nitrogen and oxygen atoms in total. The van der Waals surface area contributed by atoms with E-state index in [1.807, 2.05) is 38.1 Å². The van der Waals surface area contributed by atoms with Crippen molar-refractivity contribution in [2.24, 2.45) is 0 Å². The maximum absolute atomic E-state index is 13.3. The van der Waals surface area contributed by atoms with Crippen LogP contribution in [0.5, 0.6) is 0 Å². The van der Waals surface area contributed by atoms with E-state index < -0.39 is 17.0 Å². The molecule has 108 valence electrons. The highest BCUT2D eigenvalue weighted by Gasteiger charge is 2.27. The highest BCUT2D eigenvalue weighted by Crippen LogP contribution is 2.31. The molecule has 2 aromatic carbocycles. The fourth-order valence-corrected chi connectivity index (χ4v) is 2.34. The molecule has 5 heteroatoms. The molecule has 0 spiro atoms. The van der Waals surface area contributed by atoms with Crippen LogP contribution in [0.1, 0.15) is 25.2 Å². The van der Waals surface area contributed by atoms with Gasteiger partial charge < -0.3 is 10.7 Å². The van der Waals surface area contributed by atoms with Crippen LogP contribution in [0.2, 0.25) is 0 Å². The highest BCUT2D eigenvalue weighted by atomic mass is 19.2. The molecule has 0 saturated carbocycles. The van der Waals surface area contributed by atoms with Crippen LogP contribution in [0, 0.1) is 11.6 Å². The second-order valence-electron chi connectivity index (χ2n) is 5.62. The van der Waals surface area contributed by atoms with Crippen molar-refractivity contribution < 1.29 is 8.78 Å². The smallest absolute Gasteiger partial charge is 0.161 e. The summed E-state index contributed by atoms with van der Waals surface area (Å²) < 4.78 is 26.6. The Morgan fingerprint density at radius 1 is 1.05 bits per heavy atom. The van der Waals surface area contributed by atoms with Crippen molar-refractivity contribution in [3.63, 3.8) is 0 Å². The molecule has 1 heterocycles. The number of nitrogen functional groups attached to an aromatic ring is 1. The van der Waals surface area contributed by atoms with Gasteiger partial charge in [-0.1, -0.05) is 12.1 Å². The van der Waals surface area contributed by atoms with Gasteiger partial charge in [0.2, 0.25) is 0 Å². The molecule has 0 aliphatic rings. The van der Waals surface area contributed by atoms with E-state index in [0.29, 0.717) is 22.5 Å². The first kappa shape index (κ1) is 13.5. The van der Waals surface area contributed by atoms with Gasteiger partial charge in [0.15, 0.2) is 11.6 Å². The molecular formula is C16H15F2N3. The minimum Gasteiger partial charge on any atom is -0.399 e. The molecule has 0 saturated heterocycles. The SMILES string of the molecule is CC(C)(c1ccc(N)cc1)c1nc2cc(F)c(F)cc2[nH]1. The van der Waals surface area contributed by atoms with Crippen LogP contribution in [0.15, 0.2) is 36.4 Å². The van der Waals surface area contributed by atoms with E-state index in [9.17, 15) is 8.78 Å². The lowest BCUT2D eigenvalue weighted by Gasteiger charge is -2.22. The normalized spacial score (nSPS) is 12.0. The Morgan fingerprint density at radius 2 is 1.67 bits per heavy atom. The second-order valence-corrected chi connectivity index (χ2v) is 5.62. The molecule has 21 heavy (non-hydrogen) atoms. The number of imidazole rings is 1. The van der Waals surface area contributed by atoms with Crippen molar-refractivity contribution in [2.45, 2.75) is 19.3 Å². The minimum absolute atomic E-state index is 0.410. The van der Waals surface area contributed by atoms with Crippen molar-refractivity contribution >= 4 is 16.7 Å². The minimum atomic E-state index is -0.897. The van der Waals surface area contributed by atoms with E-state index in [2.05, 4.69) is 9.97 Å². The first-order valence-electron chi connectivity index (χ1n) is 6.59. The Balaban J connectivity index is 2.12. The zero-order valence-electron chi connectivity index (χ0n) is 11.7. The topological polar surface area (TPSA) is 54.7 Å². The molecule has 0 bridgehead atoms. The molecule has 3 N–H and O–H groups in total. The molecule has 0 amide bonds. The number of rotatable bonds is 2. The van der Waals surface area contributed by atoms with Crippen LogP contribution < -0.4 is 5.73 Å². The third kappa shape index (κ3) is 2.24. The van der Waals surface area contributed by atoms with Crippen LogP contribution in [0.25, 0.3) is 11.0 Å². The van der Waals surface area contributed by atoms with Gasteiger partial charge in [0.25, 0.3) is 0 Å². The predicted molar refractivity (Wildman–Crippen MR) is 79.0 cm³/mol. The second kappa shape index (κ2) is 4.55. The number of anilines is 1. The summed E-state index contributed by atoms with van der Waals surface area (Å²) >= 11 is 0. The monoisotopic (exact) mass is 287 g/mol. The van der Waals surface area contributed by atoms with Gasteiger partial charge in [0.05, 0.1) is 11.0 Å². The van der Waals surface area contributed by atoms with Crippen LogP contribution >= 0.6 is 0 Å². The Bertz CT molecular complexity index is 765. The van der Waals surface area contributed by atoms with Gasteiger partial charge >= 0.3 is 0 Å². The largest absolute Gasteiger partial charge is 0.399 e. The van der Waals surface area contributed by atoms with Gasteiger partial charge in [-0.15, -0.1) is 0 Å². The Labute approximate surface area is 120 Å². The first-order chi connectivity index (χ1) is 9.88. The third-order valence-electron chi connectivity index (χ3n) is 3.75. The number of fused-ring (bicyclic) bond motifs is 1. The summed E-state index contributed by atoms with van der Waals surface area (Å²) in [6, 6.07) is 9.70. The fourth-order valence-electron chi connectivity index (χ4n) is 2.34. The summed E-state index contributed by atoms with van der Waals surface area (Å²) in [7, 11) is 0. The van der Waals surface area contributed by atoms with Gasteiger partial charge in [-0.05, 0) is 31.5 Å². The maximum atomic E-state index is 13.3. The molecule has 3 rings (SSSR count). The summed E-state index contributed by atoms with van der Waals surface area (Å²) in [6.45, 7) is 3.98. The van der Waals surface area contributed by atoms with E-state index in [4.69, 9.17) is 5.73 Å². The number of H-pyrrole nitrogens is 1. The molecule has 0 fully saturated rings. The predicted octanol–water partition coefficient (Wildman–Crippen LogP) is 3.75. The highest BCUT2D eigenvalue weighted by molar-refractivity contribution is 5.75. The summed E-state index contributed by atoms with van der Waals surface area (Å²) in [4.78, 5) is 7.46. The van der Waals surface area contributed by atoms with Gasteiger partial charge in [-0.3, -0.25) is 0 Å². The zero-order chi connectivity index (χ0) is 15.2. The number of hydrogen-bond acceptors (Lipinski definition) is 2. The molecule has 0 aliphatic heterocycles. The van der Waals surface area contributed by atoms with E-state index in [1.54, 1.807) is 0 Å². The number of halogens is 2. The lowest BCUT2D eigenvalue weighted by Crippen LogP contribution is -2.20. The number of nitrogens with zero attached hydrogens (tertiary/aromatic N) is 1. The van der Waals surface area contributed by atoms with Crippen LogP contribution in [0.4, 0.5) is 14.5 Å². The fraction of sp³-hybridized carbons (Fsp3) is 0.188. The summed E-state index contributed by atoms with van der Waals surface area (Å²) in [6.07, 6.45) is 0. The van der Waals surface area contributed by atoms with Crippen LogP contribution in [-0.2, 0) is 5.41 Å². The Hall–Kier alpha value is -2.43. The average molecular weight is 287 g/mol. The summed E-state index contributed by atoms with van der Waals surface area (Å²) in [5.41, 5.74) is 7.85. The van der Waals surface area contributed by atoms with E-state index in [1.165, 1.54) is 0 Å². The van der Waals surface area contributed by atoms with Crippen LogP contribution in [0.3, 0.4) is 0 Å². The standard InChI is InChI=1S/C16H15F2N3/c1-16(2,9-3-5-10(19)6-4-9)15-20-13-7-11(17)12(18)8-14(13)21-15/h3-8H,19H2,1-2H3,(H,20,21). The molecule has 0 unspecified atom stereocenters. The molecule has 0 atom stereocenters. The van der Waals surface area contributed by atoms with Crippen LogP contribution in [-0.4, -0.2) is 9.97 Å². The van der Waals surface area contributed by atoms with Crippen molar-refractivity contribution in [2.75, 3.05) is 5.73 Å².